The maximum Gasteiger partial charge on any atom is 0.248 e. The summed E-state index contributed by atoms with van der Waals surface area (Å²) in [7, 11) is 0. The SMILES string of the molecule is Fc1ccc(C2=CC(c3ccc(OCc4ccccc4)cc3)n3nnnc3N2)cc1. The van der Waals surface area contributed by atoms with Crippen LogP contribution in [0.5, 0.6) is 5.75 Å². The van der Waals surface area contributed by atoms with Crippen molar-refractivity contribution in [1.29, 1.82) is 0 Å². The van der Waals surface area contributed by atoms with Crippen molar-refractivity contribution in [2.75, 3.05) is 5.32 Å². The summed E-state index contributed by atoms with van der Waals surface area (Å²) in [6, 6.07) is 24.0. The molecule has 0 bridgehead atoms. The van der Waals surface area contributed by atoms with Gasteiger partial charge in [0.2, 0.25) is 5.95 Å². The van der Waals surface area contributed by atoms with Crippen LogP contribution in [0.1, 0.15) is 22.7 Å². The molecule has 6 nitrogen and oxygen atoms in total. The van der Waals surface area contributed by atoms with Gasteiger partial charge in [-0.15, -0.1) is 0 Å². The lowest BCUT2D eigenvalue weighted by atomic mass is 10.0. The molecule has 3 aromatic carbocycles. The summed E-state index contributed by atoms with van der Waals surface area (Å²) >= 11 is 0. The second kappa shape index (κ2) is 7.79. The second-order valence-corrected chi connectivity index (χ2v) is 6.95. The van der Waals surface area contributed by atoms with Gasteiger partial charge in [0.05, 0.1) is 0 Å². The van der Waals surface area contributed by atoms with Crippen molar-refractivity contribution in [2.45, 2.75) is 12.6 Å². The first kappa shape index (κ1) is 18.1. The van der Waals surface area contributed by atoms with E-state index in [-0.39, 0.29) is 11.9 Å². The predicted octanol–water partition coefficient (Wildman–Crippen LogP) is 4.45. The topological polar surface area (TPSA) is 64.9 Å². The van der Waals surface area contributed by atoms with Crippen LogP contribution < -0.4 is 10.1 Å². The molecule has 7 heteroatoms. The second-order valence-electron chi connectivity index (χ2n) is 6.95. The minimum Gasteiger partial charge on any atom is -0.489 e. The quantitative estimate of drug-likeness (QED) is 0.537. The number of hydrogen-bond acceptors (Lipinski definition) is 5. The fraction of sp³-hybridized carbons (Fsp3) is 0.0870. The van der Waals surface area contributed by atoms with Crippen LogP contribution in [0.4, 0.5) is 10.3 Å². The zero-order chi connectivity index (χ0) is 20.3. The summed E-state index contributed by atoms with van der Waals surface area (Å²) in [6.45, 7) is 0.513. The van der Waals surface area contributed by atoms with E-state index in [1.54, 1.807) is 16.8 Å². The number of hydrogen-bond donors (Lipinski definition) is 1. The van der Waals surface area contributed by atoms with E-state index in [2.05, 4.69) is 20.8 Å². The van der Waals surface area contributed by atoms with E-state index < -0.39 is 0 Å². The molecule has 0 aliphatic carbocycles. The lowest BCUT2D eigenvalue weighted by Gasteiger charge is -2.23. The van der Waals surface area contributed by atoms with Gasteiger partial charge in [-0.3, -0.25) is 0 Å². The monoisotopic (exact) mass is 399 g/mol. The van der Waals surface area contributed by atoms with Gasteiger partial charge in [-0.2, -0.15) is 4.68 Å². The Balaban J connectivity index is 1.40. The first-order valence-corrected chi connectivity index (χ1v) is 9.55. The Kier molecular flexibility index (Phi) is 4.69. The molecule has 0 radical (unpaired) electrons. The van der Waals surface area contributed by atoms with Crippen molar-refractivity contribution in [3.8, 4) is 5.75 Å². The van der Waals surface area contributed by atoms with E-state index in [1.807, 2.05) is 60.7 Å². The van der Waals surface area contributed by atoms with E-state index in [9.17, 15) is 4.39 Å². The van der Waals surface area contributed by atoms with Crippen molar-refractivity contribution >= 4 is 11.6 Å². The largest absolute Gasteiger partial charge is 0.489 e. The lowest BCUT2D eigenvalue weighted by molar-refractivity contribution is 0.306. The molecule has 4 aromatic rings. The maximum atomic E-state index is 13.3. The average Bonchev–Trinajstić information content (AvgIpc) is 3.27. The Labute approximate surface area is 172 Å². The molecule has 5 rings (SSSR count). The van der Waals surface area contributed by atoms with E-state index in [1.165, 1.54) is 12.1 Å². The van der Waals surface area contributed by atoms with Gasteiger partial charge in [-0.1, -0.05) is 47.6 Å². The summed E-state index contributed by atoms with van der Waals surface area (Å²) in [5.74, 6) is 1.05. The number of tetrazole rings is 1. The predicted molar refractivity (Wildman–Crippen MR) is 111 cm³/mol. The van der Waals surface area contributed by atoms with Crippen molar-refractivity contribution < 1.29 is 9.13 Å². The smallest absolute Gasteiger partial charge is 0.248 e. The highest BCUT2D eigenvalue weighted by Crippen LogP contribution is 2.32. The van der Waals surface area contributed by atoms with Crippen LogP contribution in [0.25, 0.3) is 5.70 Å². The molecular weight excluding hydrogens is 381 g/mol. The van der Waals surface area contributed by atoms with Gasteiger partial charge in [0.25, 0.3) is 0 Å². The van der Waals surface area contributed by atoms with Gasteiger partial charge in [0.1, 0.15) is 24.2 Å². The normalized spacial score (nSPS) is 15.1. The molecule has 2 heterocycles. The minimum atomic E-state index is -0.275. The summed E-state index contributed by atoms with van der Waals surface area (Å²) in [6.07, 6.45) is 2.02. The number of aromatic nitrogens is 4. The van der Waals surface area contributed by atoms with Crippen molar-refractivity contribution in [2.24, 2.45) is 0 Å². The molecule has 0 saturated carbocycles. The molecule has 0 amide bonds. The Morgan fingerprint density at radius 1 is 0.933 bits per heavy atom. The Morgan fingerprint density at radius 2 is 1.70 bits per heavy atom. The van der Waals surface area contributed by atoms with Crippen LogP contribution in [0, 0.1) is 5.82 Å². The van der Waals surface area contributed by atoms with Crippen molar-refractivity contribution in [1.82, 2.24) is 20.2 Å². The fourth-order valence-electron chi connectivity index (χ4n) is 3.39. The molecule has 1 aliphatic rings. The standard InChI is InChI=1S/C23H18FN5O/c24-19-10-6-17(7-11-19)21-14-22(29-23(25-21)26-27-28-29)18-8-12-20(13-9-18)30-15-16-4-2-1-3-5-16/h1-14,22H,15H2,(H,25,26,28). The molecule has 1 aliphatic heterocycles. The van der Waals surface area contributed by atoms with Gasteiger partial charge in [-0.05, 0) is 69.6 Å². The van der Waals surface area contributed by atoms with Crippen LogP contribution >= 0.6 is 0 Å². The number of nitrogens with zero attached hydrogens (tertiary/aromatic N) is 4. The molecule has 1 atom stereocenters. The number of anilines is 1. The molecule has 0 saturated heterocycles. The first-order chi connectivity index (χ1) is 14.8. The Hall–Kier alpha value is -4.00. The van der Waals surface area contributed by atoms with E-state index in [0.717, 1.165) is 28.1 Å². The summed E-state index contributed by atoms with van der Waals surface area (Å²) < 4.78 is 20.9. The van der Waals surface area contributed by atoms with Crippen LogP contribution in [-0.2, 0) is 6.61 Å². The molecule has 0 fully saturated rings. The van der Waals surface area contributed by atoms with Gasteiger partial charge in [0.15, 0.2) is 0 Å². The number of rotatable bonds is 5. The molecule has 1 unspecified atom stereocenters. The highest BCUT2D eigenvalue weighted by Gasteiger charge is 2.24. The Morgan fingerprint density at radius 3 is 2.47 bits per heavy atom. The average molecular weight is 399 g/mol. The first-order valence-electron chi connectivity index (χ1n) is 9.55. The summed E-state index contributed by atoms with van der Waals surface area (Å²) in [4.78, 5) is 0. The molecule has 148 valence electrons. The molecule has 0 spiro atoms. The third kappa shape index (κ3) is 3.65. The number of ether oxygens (including phenoxy) is 1. The zero-order valence-corrected chi connectivity index (χ0v) is 15.9. The van der Waals surface area contributed by atoms with E-state index in [4.69, 9.17) is 4.74 Å². The van der Waals surface area contributed by atoms with Gasteiger partial charge >= 0.3 is 0 Å². The number of halogens is 1. The van der Waals surface area contributed by atoms with Gasteiger partial charge in [-0.25, -0.2) is 4.39 Å². The minimum absolute atomic E-state index is 0.195. The molecular formula is C23H18FN5O. The third-order valence-electron chi connectivity index (χ3n) is 4.95. The molecule has 30 heavy (non-hydrogen) atoms. The van der Waals surface area contributed by atoms with Crippen LogP contribution in [0.15, 0.2) is 84.9 Å². The number of nitrogens with one attached hydrogen (secondary N) is 1. The Bertz CT molecular complexity index is 1170. The zero-order valence-electron chi connectivity index (χ0n) is 15.9. The van der Waals surface area contributed by atoms with Gasteiger partial charge < -0.3 is 10.1 Å². The molecule has 1 aromatic heterocycles. The molecule has 1 N–H and O–H groups in total. The van der Waals surface area contributed by atoms with Crippen LogP contribution in [0.3, 0.4) is 0 Å². The van der Waals surface area contributed by atoms with E-state index >= 15 is 0 Å². The van der Waals surface area contributed by atoms with Crippen LogP contribution in [0.2, 0.25) is 0 Å². The number of fused-ring (bicyclic) bond motifs is 1. The van der Waals surface area contributed by atoms with Gasteiger partial charge in [0, 0.05) is 5.70 Å². The highest BCUT2D eigenvalue weighted by molar-refractivity contribution is 5.76. The number of allylic oxidation sites excluding steroid dienone is 1. The lowest BCUT2D eigenvalue weighted by Crippen LogP contribution is -2.20. The van der Waals surface area contributed by atoms with E-state index in [0.29, 0.717) is 12.6 Å². The highest BCUT2D eigenvalue weighted by atomic mass is 19.1. The fourth-order valence-corrected chi connectivity index (χ4v) is 3.39. The van der Waals surface area contributed by atoms with Crippen molar-refractivity contribution in [3.05, 3.63) is 107 Å². The van der Waals surface area contributed by atoms with Crippen LogP contribution in [-0.4, -0.2) is 20.2 Å². The third-order valence-corrected chi connectivity index (χ3v) is 4.95. The maximum absolute atomic E-state index is 13.3. The number of benzene rings is 3. The summed E-state index contributed by atoms with van der Waals surface area (Å²) in [5, 5.41) is 15.2. The van der Waals surface area contributed by atoms with Crippen molar-refractivity contribution in [3.63, 3.8) is 0 Å². The summed E-state index contributed by atoms with van der Waals surface area (Å²) in [5.41, 5.74) is 3.81.